The van der Waals surface area contributed by atoms with E-state index in [0.717, 1.165) is 18.9 Å². The van der Waals surface area contributed by atoms with E-state index in [4.69, 9.17) is 14.6 Å². The van der Waals surface area contributed by atoms with Crippen molar-refractivity contribution in [2.45, 2.75) is 32.0 Å². The Labute approximate surface area is 115 Å². The summed E-state index contributed by atoms with van der Waals surface area (Å²) in [6.07, 6.45) is 2.04. The van der Waals surface area contributed by atoms with Gasteiger partial charge < -0.3 is 14.6 Å². The molecule has 108 valence electrons. The summed E-state index contributed by atoms with van der Waals surface area (Å²) in [6.45, 7) is 2.29. The molecule has 1 fully saturated rings. The molecule has 1 aromatic carbocycles. The second kappa shape index (κ2) is 5.87. The largest absolute Gasteiger partial charge is 0.491 e. The molecule has 0 aromatic heterocycles. The first kappa shape index (κ1) is 14.3. The fraction of sp³-hybridized carbons (Fsp3) is 0.462. The number of carboxylic acid groups (broad SMARTS) is 1. The molecule has 0 amide bonds. The van der Waals surface area contributed by atoms with Crippen LogP contribution in [0.5, 0.6) is 5.75 Å². The van der Waals surface area contributed by atoms with Gasteiger partial charge >= 0.3 is 5.97 Å². The van der Waals surface area contributed by atoms with Crippen molar-refractivity contribution in [1.29, 1.82) is 0 Å². The molecule has 0 spiro atoms. The molecule has 7 nitrogen and oxygen atoms in total. The minimum Gasteiger partial charge on any atom is -0.491 e. The summed E-state index contributed by atoms with van der Waals surface area (Å²) >= 11 is 0. The van der Waals surface area contributed by atoms with Crippen LogP contribution < -0.4 is 4.74 Å². The van der Waals surface area contributed by atoms with Gasteiger partial charge in [0.05, 0.1) is 17.1 Å². The van der Waals surface area contributed by atoms with Gasteiger partial charge in [0, 0.05) is 12.1 Å². The number of carbonyl (C=O) groups is 1. The monoisotopic (exact) mass is 281 g/mol. The van der Waals surface area contributed by atoms with E-state index >= 15 is 0 Å². The molecule has 1 aliphatic heterocycles. The third-order valence-corrected chi connectivity index (χ3v) is 3.15. The molecule has 1 saturated heterocycles. The van der Waals surface area contributed by atoms with Crippen molar-refractivity contribution in [3.8, 4) is 5.75 Å². The average Bonchev–Trinajstić information content (AvgIpc) is 2.81. The Kier molecular flexibility index (Phi) is 4.19. The van der Waals surface area contributed by atoms with Crippen LogP contribution in [0.4, 0.5) is 5.69 Å². The van der Waals surface area contributed by atoms with Crippen LogP contribution in [0, 0.1) is 10.1 Å². The van der Waals surface area contributed by atoms with Crippen LogP contribution in [0.25, 0.3) is 0 Å². The maximum Gasteiger partial charge on any atom is 0.342 e. The minimum absolute atomic E-state index is 0.0199. The van der Waals surface area contributed by atoms with Gasteiger partial charge in [-0.05, 0) is 25.8 Å². The van der Waals surface area contributed by atoms with E-state index in [0.29, 0.717) is 6.61 Å². The molecule has 0 bridgehead atoms. The summed E-state index contributed by atoms with van der Waals surface area (Å²) in [5, 5.41) is 19.7. The fourth-order valence-electron chi connectivity index (χ4n) is 2.13. The van der Waals surface area contributed by atoms with Crippen LogP contribution >= 0.6 is 0 Å². The lowest BCUT2D eigenvalue weighted by Crippen LogP contribution is -2.18. The van der Waals surface area contributed by atoms with Gasteiger partial charge in [-0.2, -0.15) is 0 Å². The summed E-state index contributed by atoms with van der Waals surface area (Å²) in [4.78, 5) is 21.0. The highest BCUT2D eigenvalue weighted by Crippen LogP contribution is 2.25. The van der Waals surface area contributed by atoms with Crippen LogP contribution in [0.1, 0.15) is 30.1 Å². The molecule has 1 N–H and O–H groups in total. The topological polar surface area (TPSA) is 98.9 Å². The van der Waals surface area contributed by atoms with Gasteiger partial charge in [0.2, 0.25) is 0 Å². The maximum absolute atomic E-state index is 11.0. The molecular weight excluding hydrogens is 266 g/mol. The molecule has 0 saturated carbocycles. The lowest BCUT2D eigenvalue weighted by molar-refractivity contribution is -0.385. The number of hydrogen-bond donors (Lipinski definition) is 1. The lowest BCUT2D eigenvalue weighted by atomic mass is 10.1. The van der Waals surface area contributed by atoms with Crippen LogP contribution in [-0.4, -0.2) is 34.8 Å². The van der Waals surface area contributed by atoms with Crippen molar-refractivity contribution in [2.75, 3.05) is 6.61 Å². The highest BCUT2D eigenvalue weighted by molar-refractivity contribution is 5.92. The molecule has 1 aliphatic rings. The molecule has 1 heterocycles. The number of carboxylic acids is 1. The Balaban J connectivity index is 2.07. The third kappa shape index (κ3) is 3.24. The number of nitro groups is 1. The standard InChI is InChI=1S/C13H15NO6/c1-8-2-3-10(20-8)7-19-9-4-5-12(14(17)18)11(6-9)13(15)16/h4-6,8,10H,2-3,7H2,1H3,(H,15,16). The van der Waals surface area contributed by atoms with Crippen LogP contribution in [0.3, 0.4) is 0 Å². The molecular formula is C13H15NO6. The first-order valence-corrected chi connectivity index (χ1v) is 6.27. The summed E-state index contributed by atoms with van der Waals surface area (Å²) in [5.74, 6) is -1.07. The quantitative estimate of drug-likeness (QED) is 0.656. The van der Waals surface area contributed by atoms with E-state index in [1.165, 1.54) is 12.1 Å². The van der Waals surface area contributed by atoms with Crippen molar-refractivity contribution in [3.05, 3.63) is 33.9 Å². The zero-order valence-electron chi connectivity index (χ0n) is 10.9. The zero-order chi connectivity index (χ0) is 14.7. The zero-order valence-corrected chi connectivity index (χ0v) is 10.9. The van der Waals surface area contributed by atoms with Crippen molar-refractivity contribution in [1.82, 2.24) is 0 Å². The smallest absolute Gasteiger partial charge is 0.342 e. The highest BCUT2D eigenvalue weighted by atomic mass is 16.6. The molecule has 2 rings (SSSR count). The Hall–Kier alpha value is -2.15. The first-order chi connectivity index (χ1) is 9.47. The van der Waals surface area contributed by atoms with Gasteiger partial charge in [0.1, 0.15) is 17.9 Å². The Bertz CT molecular complexity index is 530. The number of aromatic carboxylic acids is 1. The average molecular weight is 281 g/mol. The van der Waals surface area contributed by atoms with E-state index in [2.05, 4.69) is 0 Å². The predicted molar refractivity (Wildman–Crippen MR) is 69.1 cm³/mol. The van der Waals surface area contributed by atoms with E-state index in [1.54, 1.807) is 0 Å². The van der Waals surface area contributed by atoms with Crippen molar-refractivity contribution in [3.63, 3.8) is 0 Å². The summed E-state index contributed by atoms with van der Waals surface area (Å²) < 4.78 is 11.0. The highest BCUT2D eigenvalue weighted by Gasteiger charge is 2.23. The molecule has 7 heteroatoms. The van der Waals surface area contributed by atoms with Gasteiger partial charge in [-0.15, -0.1) is 0 Å². The van der Waals surface area contributed by atoms with Crippen LogP contribution in [0.15, 0.2) is 18.2 Å². The van der Waals surface area contributed by atoms with Crippen molar-refractivity contribution in [2.24, 2.45) is 0 Å². The van der Waals surface area contributed by atoms with Gasteiger partial charge in [-0.3, -0.25) is 10.1 Å². The molecule has 0 radical (unpaired) electrons. The van der Waals surface area contributed by atoms with Crippen LogP contribution in [-0.2, 0) is 4.74 Å². The molecule has 2 unspecified atom stereocenters. The van der Waals surface area contributed by atoms with E-state index in [9.17, 15) is 14.9 Å². The van der Waals surface area contributed by atoms with Crippen LogP contribution in [0.2, 0.25) is 0 Å². The second-order valence-electron chi connectivity index (χ2n) is 4.70. The normalized spacial score (nSPS) is 21.6. The number of hydrogen-bond acceptors (Lipinski definition) is 5. The van der Waals surface area contributed by atoms with Gasteiger partial charge in [-0.25, -0.2) is 4.79 Å². The Morgan fingerprint density at radius 3 is 2.85 bits per heavy atom. The molecule has 2 atom stereocenters. The summed E-state index contributed by atoms with van der Waals surface area (Å²) in [5.41, 5.74) is -0.830. The number of rotatable bonds is 5. The number of nitrogens with zero attached hydrogens (tertiary/aromatic N) is 1. The number of benzene rings is 1. The van der Waals surface area contributed by atoms with E-state index in [1.807, 2.05) is 6.92 Å². The summed E-state index contributed by atoms with van der Waals surface area (Å²) in [6, 6.07) is 3.69. The number of ether oxygens (including phenoxy) is 2. The fourth-order valence-corrected chi connectivity index (χ4v) is 2.13. The van der Waals surface area contributed by atoms with Crippen molar-refractivity contribution < 1.29 is 24.3 Å². The maximum atomic E-state index is 11.0. The van der Waals surface area contributed by atoms with Gasteiger partial charge in [-0.1, -0.05) is 0 Å². The Morgan fingerprint density at radius 1 is 1.55 bits per heavy atom. The van der Waals surface area contributed by atoms with Crippen molar-refractivity contribution >= 4 is 11.7 Å². The van der Waals surface area contributed by atoms with E-state index < -0.39 is 16.6 Å². The third-order valence-electron chi connectivity index (χ3n) is 3.15. The molecule has 1 aromatic rings. The minimum atomic E-state index is -1.35. The lowest BCUT2D eigenvalue weighted by Gasteiger charge is -2.13. The summed E-state index contributed by atoms with van der Waals surface area (Å²) in [7, 11) is 0. The van der Waals surface area contributed by atoms with E-state index in [-0.39, 0.29) is 23.5 Å². The van der Waals surface area contributed by atoms with Gasteiger partial charge in [0.25, 0.3) is 5.69 Å². The second-order valence-corrected chi connectivity index (χ2v) is 4.70. The molecule has 20 heavy (non-hydrogen) atoms. The van der Waals surface area contributed by atoms with Gasteiger partial charge in [0.15, 0.2) is 0 Å². The Morgan fingerprint density at radius 2 is 2.30 bits per heavy atom. The number of nitro benzene ring substituents is 1. The predicted octanol–water partition coefficient (Wildman–Crippen LogP) is 2.24. The molecule has 0 aliphatic carbocycles. The SMILES string of the molecule is CC1CCC(COc2ccc([N+](=O)[O-])c(C(=O)O)c2)O1. The first-order valence-electron chi connectivity index (χ1n) is 6.27.